The molecule has 0 bridgehead atoms. The maximum Gasteiger partial charge on any atom is 0.303 e. The molecule has 8 atom stereocenters. The minimum absolute atomic E-state index is 0.0598. The lowest BCUT2D eigenvalue weighted by Crippen LogP contribution is -2.58. The number of hydrogen-bond donors (Lipinski definition) is 1. The van der Waals surface area contributed by atoms with Crippen molar-refractivity contribution < 1.29 is 24.1 Å². The Kier molecular flexibility index (Phi) is 4.48. The van der Waals surface area contributed by atoms with Crippen molar-refractivity contribution in [3.8, 4) is 0 Å². The van der Waals surface area contributed by atoms with Crippen LogP contribution in [0.4, 0.5) is 0 Å². The molecule has 4 rings (SSSR count). The van der Waals surface area contributed by atoms with Crippen molar-refractivity contribution in [2.24, 2.45) is 22.7 Å². The van der Waals surface area contributed by atoms with Crippen LogP contribution in [0.25, 0.3) is 0 Å². The van der Waals surface area contributed by atoms with Crippen molar-refractivity contribution in [3.63, 3.8) is 0 Å². The molecule has 26 heavy (non-hydrogen) atoms. The summed E-state index contributed by atoms with van der Waals surface area (Å²) in [4.78, 5) is 11.5. The van der Waals surface area contributed by atoms with Gasteiger partial charge in [0, 0.05) is 25.4 Å². The third-order valence-corrected chi connectivity index (χ3v) is 8.01. The van der Waals surface area contributed by atoms with Crippen molar-refractivity contribution in [1.82, 2.24) is 0 Å². The number of methoxy groups -OCH3 is 1. The maximum absolute atomic E-state index is 11.5. The molecule has 1 aliphatic heterocycles. The molecule has 5 nitrogen and oxygen atoms in total. The standard InChI is InChI=1S/C21H32O5/c1-12(22)26-17-11-25-19-18-15(6-8-21(17,19)3)20(2)7-5-14(24-4)9-13(20)10-16(18)23/h10,14-19,23H,5-9,11H2,1-4H3/t14-,15?,16-,17?,18?,19?,20-,21+/m0/s1. The van der Waals surface area contributed by atoms with Crippen molar-refractivity contribution in [1.29, 1.82) is 0 Å². The Morgan fingerprint density at radius 1 is 1.31 bits per heavy atom. The van der Waals surface area contributed by atoms with E-state index < -0.39 is 6.10 Å². The summed E-state index contributed by atoms with van der Waals surface area (Å²) >= 11 is 0. The summed E-state index contributed by atoms with van der Waals surface area (Å²) in [5.41, 5.74) is 1.27. The number of hydrogen-bond acceptors (Lipinski definition) is 5. The van der Waals surface area contributed by atoms with Crippen LogP contribution in [0.1, 0.15) is 52.9 Å². The van der Waals surface area contributed by atoms with Crippen LogP contribution >= 0.6 is 0 Å². The van der Waals surface area contributed by atoms with E-state index in [1.165, 1.54) is 12.5 Å². The van der Waals surface area contributed by atoms with E-state index in [0.717, 1.165) is 32.1 Å². The summed E-state index contributed by atoms with van der Waals surface area (Å²) in [7, 11) is 1.78. The highest BCUT2D eigenvalue weighted by molar-refractivity contribution is 5.66. The second kappa shape index (κ2) is 6.32. The highest BCUT2D eigenvalue weighted by atomic mass is 16.6. The van der Waals surface area contributed by atoms with Crippen molar-refractivity contribution in [2.75, 3.05) is 13.7 Å². The van der Waals surface area contributed by atoms with Gasteiger partial charge in [0.05, 0.1) is 24.9 Å². The highest BCUT2D eigenvalue weighted by Gasteiger charge is 2.62. The monoisotopic (exact) mass is 364 g/mol. The molecule has 0 aromatic rings. The second-order valence-electron chi connectivity index (χ2n) is 9.28. The smallest absolute Gasteiger partial charge is 0.303 e. The minimum Gasteiger partial charge on any atom is -0.459 e. The van der Waals surface area contributed by atoms with E-state index in [1.54, 1.807) is 7.11 Å². The van der Waals surface area contributed by atoms with Crippen LogP contribution in [0.2, 0.25) is 0 Å². The third kappa shape index (κ3) is 2.58. The van der Waals surface area contributed by atoms with E-state index in [1.807, 2.05) is 0 Å². The van der Waals surface area contributed by atoms with Crippen LogP contribution in [-0.2, 0) is 19.0 Å². The van der Waals surface area contributed by atoms with Gasteiger partial charge in [-0.3, -0.25) is 4.79 Å². The molecule has 0 radical (unpaired) electrons. The third-order valence-electron chi connectivity index (χ3n) is 8.01. The minimum atomic E-state index is -0.501. The first-order valence-corrected chi connectivity index (χ1v) is 10.0. The van der Waals surface area contributed by atoms with E-state index in [4.69, 9.17) is 14.2 Å². The largest absolute Gasteiger partial charge is 0.459 e. The fourth-order valence-corrected chi connectivity index (χ4v) is 6.41. The number of fused-ring (bicyclic) bond motifs is 5. The van der Waals surface area contributed by atoms with Gasteiger partial charge in [0.2, 0.25) is 0 Å². The molecule has 4 unspecified atom stereocenters. The lowest BCUT2D eigenvalue weighted by Gasteiger charge is -2.58. The first-order valence-electron chi connectivity index (χ1n) is 10.0. The van der Waals surface area contributed by atoms with Gasteiger partial charge in [-0.15, -0.1) is 0 Å². The Morgan fingerprint density at radius 3 is 2.77 bits per heavy atom. The van der Waals surface area contributed by atoms with E-state index in [9.17, 15) is 9.90 Å². The lowest BCUT2D eigenvalue weighted by atomic mass is 9.49. The fraction of sp³-hybridized carbons (Fsp3) is 0.857. The second-order valence-corrected chi connectivity index (χ2v) is 9.28. The molecule has 1 heterocycles. The average Bonchev–Trinajstić information content (AvgIpc) is 2.91. The van der Waals surface area contributed by atoms with Crippen LogP contribution in [0.3, 0.4) is 0 Å². The summed E-state index contributed by atoms with van der Waals surface area (Å²) in [6, 6.07) is 0. The highest BCUT2D eigenvalue weighted by Crippen LogP contribution is 2.62. The molecule has 0 aromatic heterocycles. The summed E-state index contributed by atoms with van der Waals surface area (Å²) in [6.07, 6.45) is 6.69. The van der Waals surface area contributed by atoms with Gasteiger partial charge in [-0.25, -0.2) is 0 Å². The van der Waals surface area contributed by atoms with Gasteiger partial charge in [-0.1, -0.05) is 25.5 Å². The van der Waals surface area contributed by atoms with Gasteiger partial charge in [0.1, 0.15) is 6.10 Å². The van der Waals surface area contributed by atoms with Gasteiger partial charge >= 0.3 is 5.97 Å². The first kappa shape index (κ1) is 18.5. The number of esters is 1. The molecule has 1 saturated heterocycles. The molecule has 3 aliphatic carbocycles. The topological polar surface area (TPSA) is 65.0 Å². The Balaban J connectivity index is 1.65. The van der Waals surface area contributed by atoms with Crippen LogP contribution in [-0.4, -0.2) is 49.2 Å². The van der Waals surface area contributed by atoms with Gasteiger partial charge in [0.15, 0.2) is 0 Å². The van der Waals surface area contributed by atoms with E-state index in [0.29, 0.717) is 12.5 Å². The zero-order valence-electron chi connectivity index (χ0n) is 16.4. The molecule has 5 heteroatoms. The average molecular weight is 364 g/mol. The quantitative estimate of drug-likeness (QED) is 0.603. The van der Waals surface area contributed by atoms with Crippen molar-refractivity contribution >= 4 is 5.97 Å². The van der Waals surface area contributed by atoms with E-state index in [2.05, 4.69) is 19.9 Å². The first-order chi connectivity index (χ1) is 12.3. The normalized spacial score (nSPS) is 50.3. The maximum atomic E-state index is 11.5. The van der Waals surface area contributed by atoms with Crippen molar-refractivity contribution in [2.45, 2.75) is 77.3 Å². The number of carbonyl (C=O) groups excluding carboxylic acids is 1. The van der Waals surface area contributed by atoms with Crippen molar-refractivity contribution in [3.05, 3.63) is 11.6 Å². The molecular formula is C21H32O5. The zero-order valence-corrected chi connectivity index (χ0v) is 16.4. The van der Waals surface area contributed by atoms with Crippen LogP contribution in [0.15, 0.2) is 11.6 Å². The van der Waals surface area contributed by atoms with E-state index in [-0.39, 0.29) is 41.0 Å². The fourth-order valence-electron chi connectivity index (χ4n) is 6.41. The molecular weight excluding hydrogens is 332 g/mol. The molecule has 4 aliphatic rings. The molecule has 146 valence electrons. The Morgan fingerprint density at radius 2 is 2.08 bits per heavy atom. The van der Waals surface area contributed by atoms with Gasteiger partial charge in [-0.2, -0.15) is 0 Å². The van der Waals surface area contributed by atoms with E-state index >= 15 is 0 Å². The summed E-state index contributed by atoms with van der Waals surface area (Å²) in [6.45, 7) is 6.44. The van der Waals surface area contributed by atoms with Gasteiger partial charge in [-0.05, 0) is 43.4 Å². The summed E-state index contributed by atoms with van der Waals surface area (Å²) in [5, 5.41) is 11.0. The number of aliphatic hydroxyl groups excluding tert-OH is 1. The van der Waals surface area contributed by atoms with Crippen LogP contribution in [0, 0.1) is 22.7 Å². The molecule has 1 N–H and O–H groups in total. The molecule has 0 amide bonds. The van der Waals surface area contributed by atoms with Gasteiger partial charge in [0.25, 0.3) is 0 Å². The zero-order chi connectivity index (χ0) is 18.7. The molecule has 0 aromatic carbocycles. The predicted octanol–water partition coefficient (Wildman–Crippen LogP) is 2.86. The van der Waals surface area contributed by atoms with Crippen LogP contribution < -0.4 is 0 Å². The van der Waals surface area contributed by atoms with Gasteiger partial charge < -0.3 is 19.3 Å². The Bertz CT molecular complexity index is 616. The number of aliphatic hydroxyl groups is 1. The molecule has 2 saturated carbocycles. The number of ether oxygens (including phenoxy) is 3. The number of carbonyl (C=O) groups is 1. The molecule has 0 spiro atoms. The number of rotatable bonds is 2. The Labute approximate surface area is 156 Å². The van der Waals surface area contributed by atoms with Crippen LogP contribution in [0.5, 0.6) is 0 Å². The molecule has 3 fully saturated rings. The SMILES string of the molecule is CO[C@H]1CC[C@@]2(C)C(=C[C@H](O)C3C4OCC(OC(C)=O)[C@@]4(C)CCC32)C1. The summed E-state index contributed by atoms with van der Waals surface area (Å²) < 4.78 is 17.4. The summed E-state index contributed by atoms with van der Waals surface area (Å²) in [5.74, 6) is 0.227. The Hall–Kier alpha value is -0.910. The lowest BCUT2D eigenvalue weighted by molar-refractivity contribution is -0.157. The predicted molar refractivity (Wildman–Crippen MR) is 96.5 cm³/mol.